The van der Waals surface area contributed by atoms with Crippen molar-refractivity contribution in [2.24, 2.45) is 0 Å². The molecular formula is C17H19FO. The average molecular weight is 258 g/mol. The van der Waals surface area contributed by atoms with Crippen LogP contribution in [0.4, 0.5) is 4.39 Å². The van der Waals surface area contributed by atoms with Gasteiger partial charge in [-0.05, 0) is 55.0 Å². The molecule has 2 rings (SSSR count). The number of aliphatic hydroxyl groups excluding tert-OH is 1. The Morgan fingerprint density at radius 3 is 2.47 bits per heavy atom. The molecule has 1 N–H and O–H groups in total. The van der Waals surface area contributed by atoms with Crippen LogP contribution in [0.5, 0.6) is 0 Å². The lowest BCUT2D eigenvalue weighted by Crippen LogP contribution is -2.01. The standard InChI is InChI=1S/C17H19FO/c1-12-5-3-4-6-14(12)9-10-17(19)15-8-7-13(2)16(18)11-15/h3-8,11,17,19H,9-10H2,1-2H3. The Balaban J connectivity index is 2.03. The Labute approximate surface area is 113 Å². The minimum Gasteiger partial charge on any atom is -0.388 e. The molecule has 0 saturated heterocycles. The van der Waals surface area contributed by atoms with E-state index in [1.807, 2.05) is 12.1 Å². The second-order valence-corrected chi connectivity index (χ2v) is 4.99. The van der Waals surface area contributed by atoms with Gasteiger partial charge in [0.15, 0.2) is 0 Å². The maximum Gasteiger partial charge on any atom is 0.126 e. The van der Waals surface area contributed by atoms with Crippen molar-refractivity contribution in [3.05, 3.63) is 70.5 Å². The summed E-state index contributed by atoms with van der Waals surface area (Å²) in [6.45, 7) is 3.78. The smallest absolute Gasteiger partial charge is 0.126 e. The second kappa shape index (κ2) is 5.98. The summed E-state index contributed by atoms with van der Waals surface area (Å²) in [6, 6.07) is 13.1. The number of benzene rings is 2. The molecule has 0 bridgehead atoms. The highest BCUT2D eigenvalue weighted by molar-refractivity contribution is 5.27. The van der Waals surface area contributed by atoms with Gasteiger partial charge in [-0.15, -0.1) is 0 Å². The molecule has 100 valence electrons. The van der Waals surface area contributed by atoms with Crippen LogP contribution in [0.2, 0.25) is 0 Å². The summed E-state index contributed by atoms with van der Waals surface area (Å²) in [4.78, 5) is 0. The third-order valence-electron chi connectivity index (χ3n) is 3.53. The third-order valence-corrected chi connectivity index (χ3v) is 3.53. The second-order valence-electron chi connectivity index (χ2n) is 4.99. The molecule has 19 heavy (non-hydrogen) atoms. The predicted octanol–water partition coefficient (Wildman–Crippen LogP) is 4.11. The lowest BCUT2D eigenvalue weighted by atomic mass is 9.98. The zero-order valence-corrected chi connectivity index (χ0v) is 11.4. The molecule has 1 nitrogen and oxygen atoms in total. The maximum atomic E-state index is 13.5. The molecule has 0 aliphatic rings. The summed E-state index contributed by atoms with van der Waals surface area (Å²) in [6.07, 6.45) is 0.783. The van der Waals surface area contributed by atoms with Crippen molar-refractivity contribution in [1.82, 2.24) is 0 Å². The predicted molar refractivity (Wildman–Crippen MR) is 75.6 cm³/mol. The molecule has 0 radical (unpaired) electrons. The first kappa shape index (κ1) is 13.8. The summed E-state index contributed by atoms with van der Waals surface area (Å²) in [5.74, 6) is -0.257. The van der Waals surface area contributed by atoms with E-state index in [2.05, 4.69) is 19.1 Å². The Hall–Kier alpha value is -1.67. The summed E-state index contributed by atoms with van der Waals surface area (Å²) in [5.41, 5.74) is 3.71. The van der Waals surface area contributed by atoms with E-state index < -0.39 is 6.10 Å². The van der Waals surface area contributed by atoms with Gasteiger partial charge in [0, 0.05) is 0 Å². The number of halogens is 1. The normalized spacial score (nSPS) is 12.4. The van der Waals surface area contributed by atoms with Crippen molar-refractivity contribution in [3.8, 4) is 0 Å². The average Bonchev–Trinajstić information content (AvgIpc) is 2.40. The number of hydrogen-bond acceptors (Lipinski definition) is 1. The van der Waals surface area contributed by atoms with Crippen LogP contribution in [-0.2, 0) is 6.42 Å². The molecule has 0 amide bonds. The van der Waals surface area contributed by atoms with Crippen LogP contribution < -0.4 is 0 Å². The van der Waals surface area contributed by atoms with Crippen molar-refractivity contribution < 1.29 is 9.50 Å². The minimum atomic E-state index is -0.616. The molecule has 0 aliphatic carbocycles. The van der Waals surface area contributed by atoms with Crippen LogP contribution in [0.15, 0.2) is 42.5 Å². The van der Waals surface area contributed by atoms with E-state index in [1.54, 1.807) is 19.1 Å². The van der Waals surface area contributed by atoms with Gasteiger partial charge in [0.25, 0.3) is 0 Å². The van der Waals surface area contributed by atoms with Gasteiger partial charge in [-0.2, -0.15) is 0 Å². The molecule has 0 spiro atoms. The maximum absolute atomic E-state index is 13.5. The number of hydrogen-bond donors (Lipinski definition) is 1. The highest BCUT2D eigenvalue weighted by Crippen LogP contribution is 2.22. The van der Waals surface area contributed by atoms with Crippen molar-refractivity contribution >= 4 is 0 Å². The fourth-order valence-electron chi connectivity index (χ4n) is 2.17. The Morgan fingerprint density at radius 1 is 1.05 bits per heavy atom. The van der Waals surface area contributed by atoms with E-state index in [-0.39, 0.29) is 5.82 Å². The van der Waals surface area contributed by atoms with Crippen LogP contribution in [0.3, 0.4) is 0 Å². The molecule has 0 fully saturated rings. The molecule has 0 aliphatic heterocycles. The fraction of sp³-hybridized carbons (Fsp3) is 0.294. The van der Waals surface area contributed by atoms with Gasteiger partial charge in [-0.25, -0.2) is 4.39 Å². The van der Waals surface area contributed by atoms with Crippen molar-refractivity contribution in [1.29, 1.82) is 0 Å². The Kier molecular flexibility index (Phi) is 4.33. The topological polar surface area (TPSA) is 20.2 Å². The number of rotatable bonds is 4. The van der Waals surface area contributed by atoms with Crippen LogP contribution in [0.25, 0.3) is 0 Å². The quantitative estimate of drug-likeness (QED) is 0.875. The van der Waals surface area contributed by atoms with Crippen LogP contribution in [0, 0.1) is 19.7 Å². The van der Waals surface area contributed by atoms with E-state index in [1.165, 1.54) is 17.2 Å². The molecule has 2 aromatic carbocycles. The molecule has 2 heteroatoms. The zero-order valence-electron chi connectivity index (χ0n) is 11.4. The Bertz CT molecular complexity index is 563. The lowest BCUT2D eigenvalue weighted by molar-refractivity contribution is 0.167. The highest BCUT2D eigenvalue weighted by Gasteiger charge is 2.10. The first-order valence-electron chi connectivity index (χ1n) is 6.56. The van der Waals surface area contributed by atoms with Gasteiger partial charge < -0.3 is 5.11 Å². The van der Waals surface area contributed by atoms with E-state index in [9.17, 15) is 9.50 Å². The third kappa shape index (κ3) is 3.42. The van der Waals surface area contributed by atoms with E-state index in [0.29, 0.717) is 17.5 Å². The monoisotopic (exact) mass is 258 g/mol. The summed E-state index contributed by atoms with van der Waals surface area (Å²) in [7, 11) is 0. The molecule has 2 aromatic rings. The van der Waals surface area contributed by atoms with E-state index in [4.69, 9.17) is 0 Å². The van der Waals surface area contributed by atoms with Gasteiger partial charge in [-0.1, -0.05) is 36.4 Å². The van der Waals surface area contributed by atoms with Gasteiger partial charge in [0.05, 0.1) is 6.10 Å². The first-order valence-corrected chi connectivity index (χ1v) is 6.56. The molecular weight excluding hydrogens is 239 g/mol. The Morgan fingerprint density at radius 2 is 1.79 bits per heavy atom. The largest absolute Gasteiger partial charge is 0.388 e. The van der Waals surface area contributed by atoms with Gasteiger partial charge in [0.1, 0.15) is 5.82 Å². The molecule has 0 saturated carbocycles. The summed E-state index contributed by atoms with van der Waals surface area (Å²) in [5, 5.41) is 10.1. The molecule has 1 unspecified atom stereocenters. The van der Waals surface area contributed by atoms with Crippen LogP contribution in [-0.4, -0.2) is 5.11 Å². The highest BCUT2D eigenvalue weighted by atomic mass is 19.1. The number of aryl methyl sites for hydroxylation is 3. The zero-order chi connectivity index (χ0) is 13.8. The minimum absolute atomic E-state index is 0.257. The van der Waals surface area contributed by atoms with Crippen LogP contribution >= 0.6 is 0 Å². The fourth-order valence-corrected chi connectivity index (χ4v) is 2.17. The van der Waals surface area contributed by atoms with Crippen molar-refractivity contribution in [3.63, 3.8) is 0 Å². The molecule has 1 atom stereocenters. The summed E-state index contributed by atoms with van der Waals surface area (Å²) < 4.78 is 13.5. The summed E-state index contributed by atoms with van der Waals surface area (Å²) >= 11 is 0. The van der Waals surface area contributed by atoms with Gasteiger partial charge >= 0.3 is 0 Å². The molecule has 0 aromatic heterocycles. The van der Waals surface area contributed by atoms with E-state index in [0.717, 1.165) is 6.42 Å². The van der Waals surface area contributed by atoms with Crippen LogP contribution in [0.1, 0.15) is 34.8 Å². The lowest BCUT2D eigenvalue weighted by Gasteiger charge is -2.13. The van der Waals surface area contributed by atoms with Crippen molar-refractivity contribution in [2.75, 3.05) is 0 Å². The molecule has 0 heterocycles. The van der Waals surface area contributed by atoms with Gasteiger partial charge in [0.2, 0.25) is 0 Å². The van der Waals surface area contributed by atoms with Crippen molar-refractivity contribution in [2.45, 2.75) is 32.8 Å². The number of aliphatic hydroxyl groups is 1. The van der Waals surface area contributed by atoms with Gasteiger partial charge in [-0.3, -0.25) is 0 Å². The van der Waals surface area contributed by atoms with E-state index >= 15 is 0 Å². The first-order chi connectivity index (χ1) is 9.08. The SMILES string of the molecule is Cc1ccc(C(O)CCc2ccccc2C)cc1F.